The third-order valence-electron chi connectivity index (χ3n) is 3.07. The molecule has 1 aromatic heterocycles. The summed E-state index contributed by atoms with van der Waals surface area (Å²) in [6.07, 6.45) is 3.11. The number of ether oxygens (including phenoxy) is 2. The highest BCUT2D eigenvalue weighted by Crippen LogP contribution is 2.27. The molecule has 0 N–H and O–H groups in total. The lowest BCUT2D eigenvalue weighted by Crippen LogP contribution is -2.11. The smallest absolute Gasteiger partial charge is 0.184 e. The van der Waals surface area contributed by atoms with Crippen molar-refractivity contribution in [2.75, 3.05) is 14.2 Å². The number of carbonyl (C=O) groups excluding carboxylic acids is 1. The molecule has 1 atom stereocenters. The molecule has 0 bridgehead atoms. The number of nitriles is 1. The standard InChI is InChI=1S/C16H14N2O3/c1-20-13-7-12(8-14(9-13)21-2)16(19)15(10-17)11-3-5-18-6-4-11/h3-9,15H,1-2H3. The highest BCUT2D eigenvalue weighted by atomic mass is 16.5. The van der Waals surface area contributed by atoms with Crippen LogP contribution in [0.15, 0.2) is 42.7 Å². The van der Waals surface area contributed by atoms with Crippen LogP contribution in [0.25, 0.3) is 0 Å². The van der Waals surface area contributed by atoms with Gasteiger partial charge in [0.2, 0.25) is 0 Å². The molecule has 0 amide bonds. The lowest BCUT2D eigenvalue weighted by atomic mass is 9.92. The number of nitrogens with zero attached hydrogens (tertiary/aromatic N) is 2. The number of ketones is 1. The molecule has 0 radical (unpaired) electrons. The number of rotatable bonds is 5. The zero-order valence-electron chi connectivity index (χ0n) is 11.7. The minimum Gasteiger partial charge on any atom is -0.497 e. The van der Waals surface area contributed by atoms with Crippen LogP contribution in [0.3, 0.4) is 0 Å². The predicted molar refractivity (Wildman–Crippen MR) is 76.5 cm³/mol. The van der Waals surface area contributed by atoms with Crippen molar-refractivity contribution in [3.8, 4) is 17.6 Å². The molecule has 0 saturated heterocycles. The van der Waals surface area contributed by atoms with Gasteiger partial charge in [0.1, 0.15) is 17.4 Å². The van der Waals surface area contributed by atoms with Crippen molar-refractivity contribution in [2.24, 2.45) is 0 Å². The Hall–Kier alpha value is -2.87. The molecule has 0 aliphatic carbocycles. The quantitative estimate of drug-likeness (QED) is 0.788. The highest BCUT2D eigenvalue weighted by molar-refractivity contribution is 6.03. The Labute approximate surface area is 122 Å². The molecule has 0 aliphatic rings. The first-order valence-corrected chi connectivity index (χ1v) is 6.26. The van der Waals surface area contributed by atoms with Crippen LogP contribution in [-0.4, -0.2) is 25.0 Å². The SMILES string of the molecule is COc1cc(OC)cc(C(=O)C(C#N)c2ccncc2)c1. The number of hydrogen-bond acceptors (Lipinski definition) is 5. The third kappa shape index (κ3) is 3.18. The highest BCUT2D eigenvalue weighted by Gasteiger charge is 2.22. The Balaban J connectivity index is 2.41. The Kier molecular flexibility index (Phi) is 4.52. The maximum atomic E-state index is 12.6. The van der Waals surface area contributed by atoms with E-state index < -0.39 is 5.92 Å². The Morgan fingerprint density at radius 2 is 1.71 bits per heavy atom. The molecule has 1 heterocycles. The first kappa shape index (κ1) is 14.5. The molecular weight excluding hydrogens is 268 g/mol. The minimum absolute atomic E-state index is 0.305. The number of hydrogen-bond donors (Lipinski definition) is 0. The fourth-order valence-corrected chi connectivity index (χ4v) is 1.96. The Bertz CT molecular complexity index is 655. The van der Waals surface area contributed by atoms with E-state index >= 15 is 0 Å². The minimum atomic E-state index is -0.884. The molecule has 0 spiro atoms. The van der Waals surface area contributed by atoms with Crippen molar-refractivity contribution in [3.63, 3.8) is 0 Å². The molecule has 106 valence electrons. The first-order chi connectivity index (χ1) is 10.2. The summed E-state index contributed by atoms with van der Waals surface area (Å²) in [6, 6.07) is 10.2. The average molecular weight is 282 g/mol. The fraction of sp³-hybridized carbons (Fsp3) is 0.188. The second-order valence-electron chi connectivity index (χ2n) is 4.31. The van der Waals surface area contributed by atoms with Crippen molar-refractivity contribution in [2.45, 2.75) is 5.92 Å². The van der Waals surface area contributed by atoms with Gasteiger partial charge in [-0.25, -0.2) is 0 Å². The van der Waals surface area contributed by atoms with E-state index in [0.29, 0.717) is 22.6 Å². The van der Waals surface area contributed by atoms with Crippen molar-refractivity contribution < 1.29 is 14.3 Å². The molecule has 2 rings (SSSR count). The number of Topliss-reactive ketones (excluding diaryl/α,β-unsaturated/α-hetero) is 1. The molecule has 0 saturated carbocycles. The summed E-state index contributed by atoms with van der Waals surface area (Å²) in [5.41, 5.74) is 0.980. The largest absolute Gasteiger partial charge is 0.497 e. The zero-order chi connectivity index (χ0) is 15.2. The maximum Gasteiger partial charge on any atom is 0.184 e. The molecule has 5 heteroatoms. The monoisotopic (exact) mass is 282 g/mol. The van der Waals surface area contributed by atoms with Gasteiger partial charge >= 0.3 is 0 Å². The van der Waals surface area contributed by atoms with E-state index in [1.807, 2.05) is 6.07 Å². The van der Waals surface area contributed by atoms with Crippen LogP contribution in [-0.2, 0) is 0 Å². The van der Waals surface area contributed by atoms with Crippen LogP contribution in [0.5, 0.6) is 11.5 Å². The summed E-state index contributed by atoms with van der Waals surface area (Å²) in [5.74, 6) is -0.182. The second kappa shape index (κ2) is 6.53. The summed E-state index contributed by atoms with van der Waals surface area (Å²) in [6.45, 7) is 0. The zero-order valence-corrected chi connectivity index (χ0v) is 11.7. The van der Waals surface area contributed by atoms with Crippen molar-refractivity contribution in [1.29, 1.82) is 5.26 Å². The molecule has 5 nitrogen and oxygen atoms in total. The van der Waals surface area contributed by atoms with Gasteiger partial charge in [-0.05, 0) is 29.8 Å². The molecule has 1 unspecified atom stereocenters. The summed E-state index contributed by atoms with van der Waals surface area (Å²) in [4.78, 5) is 16.4. The summed E-state index contributed by atoms with van der Waals surface area (Å²) in [5, 5.41) is 9.31. The van der Waals surface area contributed by atoms with Crippen LogP contribution in [0, 0.1) is 11.3 Å². The second-order valence-corrected chi connectivity index (χ2v) is 4.31. The Morgan fingerprint density at radius 3 is 2.19 bits per heavy atom. The van der Waals surface area contributed by atoms with Crippen LogP contribution in [0.4, 0.5) is 0 Å². The average Bonchev–Trinajstić information content (AvgIpc) is 2.55. The van der Waals surface area contributed by atoms with E-state index in [9.17, 15) is 10.1 Å². The lowest BCUT2D eigenvalue weighted by Gasteiger charge is -2.11. The van der Waals surface area contributed by atoms with Crippen LogP contribution in [0.2, 0.25) is 0 Å². The number of aromatic nitrogens is 1. The first-order valence-electron chi connectivity index (χ1n) is 6.26. The number of carbonyl (C=O) groups is 1. The van der Waals surface area contributed by atoms with E-state index in [-0.39, 0.29) is 5.78 Å². The van der Waals surface area contributed by atoms with Crippen LogP contribution >= 0.6 is 0 Å². The summed E-state index contributed by atoms with van der Waals surface area (Å²) < 4.78 is 10.3. The number of benzene rings is 1. The maximum absolute atomic E-state index is 12.6. The molecule has 21 heavy (non-hydrogen) atoms. The Morgan fingerprint density at radius 1 is 1.14 bits per heavy atom. The van der Waals surface area contributed by atoms with E-state index in [0.717, 1.165) is 0 Å². The van der Waals surface area contributed by atoms with Crippen molar-refractivity contribution >= 4 is 5.78 Å². The van der Waals surface area contributed by atoms with Crippen LogP contribution in [0.1, 0.15) is 21.8 Å². The van der Waals surface area contributed by atoms with Gasteiger partial charge in [0.15, 0.2) is 5.78 Å². The van der Waals surface area contributed by atoms with Gasteiger partial charge in [-0.15, -0.1) is 0 Å². The van der Waals surface area contributed by atoms with Gasteiger partial charge in [0, 0.05) is 24.0 Å². The molecule has 0 fully saturated rings. The fourth-order valence-electron chi connectivity index (χ4n) is 1.96. The van der Waals surface area contributed by atoms with Gasteiger partial charge in [0.05, 0.1) is 20.3 Å². The van der Waals surface area contributed by atoms with Gasteiger partial charge in [0.25, 0.3) is 0 Å². The normalized spacial score (nSPS) is 11.3. The molecular formula is C16H14N2O3. The number of pyridine rings is 1. The van der Waals surface area contributed by atoms with E-state index in [1.54, 1.807) is 42.7 Å². The number of methoxy groups -OCH3 is 2. The molecule has 1 aromatic carbocycles. The van der Waals surface area contributed by atoms with Gasteiger partial charge in [-0.3, -0.25) is 9.78 Å². The molecule has 0 aliphatic heterocycles. The van der Waals surface area contributed by atoms with Gasteiger partial charge in [-0.2, -0.15) is 5.26 Å². The topological polar surface area (TPSA) is 72.2 Å². The van der Waals surface area contributed by atoms with E-state index in [4.69, 9.17) is 9.47 Å². The van der Waals surface area contributed by atoms with Crippen molar-refractivity contribution in [1.82, 2.24) is 4.98 Å². The van der Waals surface area contributed by atoms with E-state index in [2.05, 4.69) is 4.98 Å². The van der Waals surface area contributed by atoms with E-state index in [1.165, 1.54) is 14.2 Å². The third-order valence-corrected chi connectivity index (χ3v) is 3.07. The summed E-state index contributed by atoms with van der Waals surface area (Å²) >= 11 is 0. The predicted octanol–water partition coefficient (Wildman–Crippen LogP) is 2.59. The van der Waals surface area contributed by atoms with Gasteiger partial charge in [-0.1, -0.05) is 0 Å². The summed E-state index contributed by atoms with van der Waals surface area (Å²) in [7, 11) is 3.02. The lowest BCUT2D eigenvalue weighted by molar-refractivity contribution is 0.0978. The van der Waals surface area contributed by atoms with Crippen LogP contribution < -0.4 is 9.47 Å². The molecule has 2 aromatic rings. The van der Waals surface area contributed by atoms with Crippen molar-refractivity contribution in [3.05, 3.63) is 53.9 Å². The van der Waals surface area contributed by atoms with Gasteiger partial charge < -0.3 is 9.47 Å².